The van der Waals surface area contributed by atoms with Crippen molar-refractivity contribution in [2.24, 2.45) is 5.41 Å². The maximum absolute atomic E-state index is 13.4. The summed E-state index contributed by atoms with van der Waals surface area (Å²) >= 11 is 6.06. The zero-order valence-corrected chi connectivity index (χ0v) is 17.6. The van der Waals surface area contributed by atoms with Gasteiger partial charge in [0.25, 0.3) is 5.91 Å². The largest absolute Gasteiger partial charge is 0.379 e. The van der Waals surface area contributed by atoms with Crippen LogP contribution in [0.15, 0.2) is 59.7 Å². The third-order valence-electron chi connectivity index (χ3n) is 5.57. The number of amides is 1. The summed E-state index contributed by atoms with van der Waals surface area (Å²) in [4.78, 5) is 13.4. The lowest BCUT2D eigenvalue weighted by molar-refractivity contribution is -0.119. The van der Waals surface area contributed by atoms with E-state index in [1.165, 1.54) is 0 Å². The van der Waals surface area contributed by atoms with Crippen LogP contribution in [0.2, 0.25) is 5.02 Å². The number of aryl methyl sites for hydroxylation is 2. The highest BCUT2D eigenvalue weighted by Gasteiger charge is 2.46. The van der Waals surface area contributed by atoms with Crippen LogP contribution in [-0.2, 0) is 9.53 Å². The second-order valence-corrected chi connectivity index (χ2v) is 7.81. The van der Waals surface area contributed by atoms with Crippen molar-refractivity contribution in [1.29, 1.82) is 0 Å². The predicted molar refractivity (Wildman–Crippen MR) is 117 cm³/mol. The van der Waals surface area contributed by atoms with Gasteiger partial charge in [-0.3, -0.25) is 4.79 Å². The lowest BCUT2D eigenvalue weighted by Crippen LogP contribution is -2.48. The van der Waals surface area contributed by atoms with Gasteiger partial charge in [0, 0.05) is 16.3 Å². The van der Waals surface area contributed by atoms with E-state index in [9.17, 15) is 4.79 Å². The minimum atomic E-state index is -0.401. The quantitative estimate of drug-likeness (QED) is 0.501. The van der Waals surface area contributed by atoms with Gasteiger partial charge in [0.15, 0.2) is 0 Å². The molecular formula is C24H26ClNO2. The Morgan fingerprint density at radius 1 is 1.14 bits per heavy atom. The average molecular weight is 396 g/mol. The number of benzene rings is 2. The summed E-state index contributed by atoms with van der Waals surface area (Å²) in [6, 6.07) is 13.6. The van der Waals surface area contributed by atoms with Gasteiger partial charge in [-0.05, 0) is 68.7 Å². The number of hydrogen-bond acceptors (Lipinski definition) is 2. The number of anilines is 1. The molecule has 3 rings (SSSR count). The van der Waals surface area contributed by atoms with E-state index in [4.69, 9.17) is 16.3 Å². The topological polar surface area (TPSA) is 38.3 Å². The van der Waals surface area contributed by atoms with Crippen molar-refractivity contribution in [3.8, 4) is 0 Å². The molecule has 1 heterocycles. The highest BCUT2D eigenvalue weighted by atomic mass is 35.5. The Labute approximate surface area is 172 Å². The van der Waals surface area contributed by atoms with Gasteiger partial charge >= 0.3 is 0 Å². The molecule has 1 aliphatic heterocycles. The van der Waals surface area contributed by atoms with Crippen molar-refractivity contribution in [1.82, 2.24) is 0 Å². The van der Waals surface area contributed by atoms with Crippen molar-refractivity contribution < 1.29 is 9.53 Å². The fraction of sp³-hybridized carbons (Fsp3) is 0.292. The Morgan fingerprint density at radius 3 is 2.43 bits per heavy atom. The molecule has 0 atom stereocenters. The van der Waals surface area contributed by atoms with Crippen molar-refractivity contribution in [2.75, 3.05) is 18.5 Å². The zero-order chi connectivity index (χ0) is 20.3. The van der Waals surface area contributed by atoms with Crippen LogP contribution in [0.3, 0.4) is 0 Å². The maximum Gasteiger partial charge on any atom is 0.252 e. The van der Waals surface area contributed by atoms with Gasteiger partial charge in [0.1, 0.15) is 0 Å². The Kier molecular flexibility index (Phi) is 6.07. The van der Waals surface area contributed by atoms with Crippen LogP contribution in [0, 0.1) is 19.3 Å². The molecule has 3 nitrogen and oxygen atoms in total. The summed E-state index contributed by atoms with van der Waals surface area (Å²) in [6.07, 6.45) is 4.07. The van der Waals surface area contributed by atoms with E-state index in [-0.39, 0.29) is 5.91 Å². The number of nitrogens with one attached hydrogen (secondary N) is 1. The van der Waals surface area contributed by atoms with Crippen molar-refractivity contribution in [2.45, 2.75) is 27.7 Å². The Morgan fingerprint density at radius 2 is 1.86 bits per heavy atom. The van der Waals surface area contributed by atoms with E-state index >= 15 is 0 Å². The minimum absolute atomic E-state index is 0.113. The first-order chi connectivity index (χ1) is 13.4. The van der Waals surface area contributed by atoms with Crippen molar-refractivity contribution in [3.63, 3.8) is 0 Å². The molecule has 1 N–H and O–H groups in total. The lowest BCUT2D eigenvalue weighted by Gasteiger charge is -2.44. The molecule has 1 aliphatic rings. The van der Waals surface area contributed by atoms with Crippen LogP contribution in [0.4, 0.5) is 5.69 Å². The van der Waals surface area contributed by atoms with Crippen LogP contribution in [0.25, 0.3) is 6.08 Å². The number of carbonyl (C=O) groups excluding carboxylic acids is 1. The molecule has 0 aliphatic carbocycles. The van der Waals surface area contributed by atoms with E-state index in [2.05, 4.69) is 31.3 Å². The number of ether oxygens (including phenoxy) is 1. The van der Waals surface area contributed by atoms with Crippen molar-refractivity contribution in [3.05, 3.63) is 81.4 Å². The smallest absolute Gasteiger partial charge is 0.252 e. The van der Waals surface area contributed by atoms with Gasteiger partial charge in [-0.15, -0.1) is 0 Å². The van der Waals surface area contributed by atoms with Gasteiger partial charge in [-0.1, -0.05) is 47.5 Å². The normalized spacial score (nSPS) is 16.5. The summed E-state index contributed by atoms with van der Waals surface area (Å²) in [5.41, 5.74) is 5.32. The molecule has 0 aromatic heterocycles. The number of allylic oxidation sites excluding steroid dienone is 1. The van der Waals surface area contributed by atoms with Gasteiger partial charge in [0.2, 0.25) is 0 Å². The molecule has 2 aromatic rings. The molecule has 4 heteroatoms. The first-order valence-corrected chi connectivity index (χ1v) is 9.81. The monoisotopic (exact) mass is 395 g/mol. The van der Waals surface area contributed by atoms with E-state index < -0.39 is 5.41 Å². The molecular weight excluding hydrogens is 370 g/mol. The van der Waals surface area contributed by atoms with E-state index in [1.807, 2.05) is 50.3 Å². The SMILES string of the molecule is C/C=C(/C)C1(/C(=C\c2ccccc2C)C(=O)Nc2ccc(Cl)cc2C)COC1. The second kappa shape index (κ2) is 8.34. The van der Waals surface area contributed by atoms with Crippen molar-refractivity contribution >= 4 is 29.3 Å². The Balaban J connectivity index is 2.06. The van der Waals surface area contributed by atoms with Crippen LogP contribution >= 0.6 is 11.6 Å². The van der Waals surface area contributed by atoms with E-state index in [1.54, 1.807) is 6.07 Å². The third kappa shape index (κ3) is 3.91. The molecule has 0 spiro atoms. The fourth-order valence-corrected chi connectivity index (χ4v) is 3.69. The summed E-state index contributed by atoms with van der Waals surface area (Å²) in [7, 11) is 0. The molecule has 0 bridgehead atoms. The first-order valence-electron chi connectivity index (χ1n) is 9.44. The summed E-state index contributed by atoms with van der Waals surface area (Å²) in [5, 5.41) is 3.73. The second-order valence-electron chi connectivity index (χ2n) is 7.37. The van der Waals surface area contributed by atoms with Gasteiger partial charge in [-0.25, -0.2) is 0 Å². The molecule has 0 saturated carbocycles. The molecule has 1 fully saturated rings. The first kappa shape index (κ1) is 20.4. The number of rotatable bonds is 5. The van der Waals surface area contributed by atoms with Crippen LogP contribution in [-0.4, -0.2) is 19.1 Å². The third-order valence-corrected chi connectivity index (χ3v) is 5.81. The molecule has 28 heavy (non-hydrogen) atoms. The maximum atomic E-state index is 13.4. The van der Waals surface area contributed by atoms with Crippen LogP contribution in [0.5, 0.6) is 0 Å². The molecule has 146 valence electrons. The molecule has 2 aromatic carbocycles. The van der Waals surface area contributed by atoms with Gasteiger partial charge in [0.05, 0.1) is 18.6 Å². The minimum Gasteiger partial charge on any atom is -0.379 e. The highest BCUT2D eigenvalue weighted by Crippen LogP contribution is 2.44. The average Bonchev–Trinajstić information content (AvgIpc) is 2.63. The predicted octanol–water partition coefficient (Wildman–Crippen LogP) is 5.96. The van der Waals surface area contributed by atoms with Gasteiger partial charge < -0.3 is 10.1 Å². The molecule has 1 saturated heterocycles. The molecule has 0 radical (unpaired) electrons. The highest BCUT2D eigenvalue weighted by molar-refractivity contribution is 6.30. The van der Waals surface area contributed by atoms with Crippen LogP contribution < -0.4 is 5.32 Å². The number of carbonyl (C=O) groups is 1. The Bertz CT molecular complexity index is 955. The van der Waals surface area contributed by atoms with E-state index in [0.717, 1.165) is 33.5 Å². The Hall–Kier alpha value is -2.36. The zero-order valence-electron chi connectivity index (χ0n) is 16.8. The standard InChI is InChI=1S/C24H26ClNO2/c1-5-18(4)24(14-28-15-24)21(13-19-9-7-6-8-16(19)2)23(27)26-22-11-10-20(25)12-17(22)3/h5-13H,14-15H2,1-4H3,(H,26,27)/b18-5-,21-13-. The summed E-state index contributed by atoms with van der Waals surface area (Å²) < 4.78 is 5.57. The summed E-state index contributed by atoms with van der Waals surface area (Å²) in [6.45, 7) is 9.07. The van der Waals surface area contributed by atoms with Gasteiger partial charge in [-0.2, -0.15) is 0 Å². The molecule has 0 unspecified atom stereocenters. The molecule has 1 amide bonds. The number of hydrogen-bond donors (Lipinski definition) is 1. The number of halogens is 1. The summed E-state index contributed by atoms with van der Waals surface area (Å²) in [5.74, 6) is -0.113. The lowest BCUT2D eigenvalue weighted by atomic mass is 9.71. The van der Waals surface area contributed by atoms with E-state index in [0.29, 0.717) is 18.2 Å². The van der Waals surface area contributed by atoms with Crippen LogP contribution in [0.1, 0.15) is 30.5 Å². The fourth-order valence-electron chi connectivity index (χ4n) is 3.46.